The summed E-state index contributed by atoms with van der Waals surface area (Å²) in [6.45, 7) is 1.97. The lowest BCUT2D eigenvalue weighted by Gasteiger charge is -2.06. The van der Waals surface area contributed by atoms with Crippen LogP contribution in [-0.4, -0.2) is 15.8 Å². The Balaban J connectivity index is 1.64. The quantitative estimate of drug-likeness (QED) is 0.402. The molecule has 3 aromatic carbocycles. The van der Waals surface area contributed by atoms with E-state index in [1.54, 1.807) is 24.3 Å². The third-order valence-electron chi connectivity index (χ3n) is 4.26. The molecule has 0 unspecified atom stereocenters. The summed E-state index contributed by atoms with van der Waals surface area (Å²) in [7, 11) is 0. The molecule has 4 rings (SSSR count). The number of nitrogens with one attached hydrogen (secondary N) is 1. The third kappa shape index (κ3) is 3.33. The van der Waals surface area contributed by atoms with Crippen LogP contribution >= 0.6 is 0 Å². The number of fused-ring (bicyclic) bond motifs is 1. The number of anilines is 1. The summed E-state index contributed by atoms with van der Waals surface area (Å²) in [6.07, 6.45) is 0. The highest BCUT2D eigenvalue weighted by Crippen LogP contribution is 2.27. The van der Waals surface area contributed by atoms with Gasteiger partial charge in [0.25, 0.3) is 11.6 Å². The van der Waals surface area contributed by atoms with Crippen molar-refractivity contribution in [2.24, 2.45) is 0 Å². The van der Waals surface area contributed by atoms with E-state index in [4.69, 9.17) is 4.42 Å². The average molecular weight is 373 g/mol. The molecule has 0 fully saturated rings. The minimum absolute atomic E-state index is 0.00441. The van der Waals surface area contributed by atoms with Gasteiger partial charge in [-0.1, -0.05) is 24.3 Å². The first-order chi connectivity index (χ1) is 13.5. The molecule has 1 N–H and O–H groups in total. The van der Waals surface area contributed by atoms with Crippen LogP contribution in [0.3, 0.4) is 0 Å². The third-order valence-corrected chi connectivity index (χ3v) is 4.26. The normalized spacial score (nSPS) is 10.8. The zero-order chi connectivity index (χ0) is 19.7. The number of oxazole rings is 1. The highest BCUT2D eigenvalue weighted by atomic mass is 16.6. The Morgan fingerprint density at radius 2 is 1.89 bits per heavy atom. The van der Waals surface area contributed by atoms with E-state index >= 15 is 0 Å². The Morgan fingerprint density at radius 3 is 2.71 bits per heavy atom. The summed E-state index contributed by atoms with van der Waals surface area (Å²) in [5, 5.41) is 13.8. The van der Waals surface area contributed by atoms with Crippen molar-refractivity contribution < 1.29 is 14.1 Å². The minimum atomic E-state index is -0.578. The summed E-state index contributed by atoms with van der Waals surface area (Å²) in [6, 6.07) is 18.5. The molecule has 0 aliphatic heterocycles. The van der Waals surface area contributed by atoms with Crippen LogP contribution < -0.4 is 5.32 Å². The van der Waals surface area contributed by atoms with E-state index in [1.165, 1.54) is 18.2 Å². The van der Waals surface area contributed by atoms with Gasteiger partial charge in [0, 0.05) is 17.3 Å². The van der Waals surface area contributed by atoms with Gasteiger partial charge in [-0.15, -0.1) is 0 Å². The highest BCUT2D eigenvalue weighted by Gasteiger charge is 2.19. The molecule has 138 valence electrons. The first-order valence-electron chi connectivity index (χ1n) is 8.54. The van der Waals surface area contributed by atoms with Gasteiger partial charge in [0.05, 0.1) is 4.92 Å². The summed E-state index contributed by atoms with van der Waals surface area (Å²) >= 11 is 0. The number of para-hydroxylation sites is 1. The number of aryl methyl sites for hydroxylation is 1. The number of carbonyl (C=O) groups is 1. The fourth-order valence-electron chi connectivity index (χ4n) is 2.91. The smallest absolute Gasteiger partial charge is 0.282 e. The Labute approximate surface area is 159 Å². The van der Waals surface area contributed by atoms with Gasteiger partial charge in [-0.25, -0.2) is 4.98 Å². The SMILES string of the molecule is Cc1ccc2nc(-c3cccc(NC(=O)c4ccccc4[N+](=O)[O-])c3)oc2c1. The lowest BCUT2D eigenvalue weighted by atomic mass is 10.1. The number of nitro groups is 1. The van der Waals surface area contributed by atoms with Gasteiger partial charge >= 0.3 is 0 Å². The second-order valence-electron chi connectivity index (χ2n) is 6.30. The van der Waals surface area contributed by atoms with E-state index in [0.29, 0.717) is 22.7 Å². The van der Waals surface area contributed by atoms with Crippen molar-refractivity contribution in [1.82, 2.24) is 4.98 Å². The van der Waals surface area contributed by atoms with Gasteiger partial charge < -0.3 is 9.73 Å². The van der Waals surface area contributed by atoms with Crippen molar-refractivity contribution in [3.05, 3.63) is 88.0 Å². The number of carbonyl (C=O) groups excluding carboxylic acids is 1. The van der Waals surface area contributed by atoms with Crippen molar-refractivity contribution in [3.63, 3.8) is 0 Å². The predicted octanol–water partition coefficient (Wildman–Crippen LogP) is 4.96. The maximum absolute atomic E-state index is 12.5. The van der Waals surface area contributed by atoms with Crippen LogP contribution in [0.25, 0.3) is 22.6 Å². The van der Waals surface area contributed by atoms with Crippen molar-refractivity contribution in [2.75, 3.05) is 5.32 Å². The van der Waals surface area contributed by atoms with Crippen molar-refractivity contribution in [3.8, 4) is 11.5 Å². The van der Waals surface area contributed by atoms with Gasteiger partial charge in [0.1, 0.15) is 11.1 Å². The summed E-state index contributed by atoms with van der Waals surface area (Å²) in [4.78, 5) is 27.5. The van der Waals surface area contributed by atoms with E-state index in [0.717, 1.165) is 11.1 Å². The molecule has 0 saturated carbocycles. The summed E-state index contributed by atoms with van der Waals surface area (Å²) < 4.78 is 5.82. The second kappa shape index (κ2) is 6.96. The molecule has 0 aliphatic rings. The second-order valence-corrected chi connectivity index (χ2v) is 6.30. The molecule has 0 spiro atoms. The number of rotatable bonds is 4. The van der Waals surface area contributed by atoms with Crippen LogP contribution in [0.4, 0.5) is 11.4 Å². The number of nitrogens with zero attached hydrogens (tertiary/aromatic N) is 2. The number of benzene rings is 3. The van der Waals surface area contributed by atoms with Crippen LogP contribution in [-0.2, 0) is 0 Å². The van der Waals surface area contributed by atoms with Crippen LogP contribution in [0, 0.1) is 17.0 Å². The first-order valence-corrected chi connectivity index (χ1v) is 8.54. The summed E-state index contributed by atoms with van der Waals surface area (Å²) in [5.41, 5.74) is 3.42. The molecule has 1 amide bonds. The van der Waals surface area contributed by atoms with Gasteiger partial charge in [0.2, 0.25) is 5.89 Å². The van der Waals surface area contributed by atoms with Crippen LogP contribution in [0.15, 0.2) is 71.1 Å². The molecule has 0 saturated heterocycles. The fraction of sp³-hybridized carbons (Fsp3) is 0.0476. The number of nitro benzene ring substituents is 1. The van der Waals surface area contributed by atoms with Gasteiger partial charge in [-0.2, -0.15) is 0 Å². The lowest BCUT2D eigenvalue weighted by molar-refractivity contribution is -0.385. The minimum Gasteiger partial charge on any atom is -0.436 e. The van der Waals surface area contributed by atoms with Crippen LogP contribution in [0.1, 0.15) is 15.9 Å². The van der Waals surface area contributed by atoms with Gasteiger partial charge in [-0.05, 0) is 48.9 Å². The molecule has 1 aromatic heterocycles. The van der Waals surface area contributed by atoms with Gasteiger partial charge in [0.15, 0.2) is 5.58 Å². The first kappa shape index (κ1) is 17.4. The number of aromatic nitrogens is 1. The molecule has 7 heteroatoms. The van der Waals surface area contributed by atoms with Crippen LogP contribution in [0.5, 0.6) is 0 Å². The molecule has 0 atom stereocenters. The Morgan fingerprint density at radius 1 is 1.07 bits per heavy atom. The average Bonchev–Trinajstić information content (AvgIpc) is 3.11. The van der Waals surface area contributed by atoms with Crippen molar-refractivity contribution in [1.29, 1.82) is 0 Å². The molecule has 1 heterocycles. The van der Waals surface area contributed by atoms with E-state index in [2.05, 4.69) is 10.3 Å². The fourth-order valence-corrected chi connectivity index (χ4v) is 2.91. The molecule has 4 aromatic rings. The standard InChI is InChI=1S/C21H15N3O4/c1-13-9-10-17-19(11-13)28-21(23-17)14-5-4-6-15(12-14)22-20(25)16-7-2-3-8-18(16)24(26)27/h2-12H,1H3,(H,22,25). The molecule has 28 heavy (non-hydrogen) atoms. The maximum Gasteiger partial charge on any atom is 0.282 e. The van der Waals surface area contributed by atoms with Gasteiger partial charge in [-0.3, -0.25) is 14.9 Å². The molecule has 0 bridgehead atoms. The molecular weight excluding hydrogens is 358 g/mol. The van der Waals surface area contributed by atoms with E-state index in [1.807, 2.05) is 31.2 Å². The highest BCUT2D eigenvalue weighted by molar-refractivity contribution is 6.07. The monoisotopic (exact) mass is 373 g/mol. The number of hydrogen-bond donors (Lipinski definition) is 1. The Kier molecular flexibility index (Phi) is 4.33. The van der Waals surface area contributed by atoms with Crippen molar-refractivity contribution >= 4 is 28.4 Å². The largest absolute Gasteiger partial charge is 0.436 e. The zero-order valence-electron chi connectivity index (χ0n) is 14.9. The molecule has 0 radical (unpaired) electrons. The van der Waals surface area contributed by atoms with E-state index < -0.39 is 10.8 Å². The molecular formula is C21H15N3O4. The Bertz CT molecular complexity index is 1210. The maximum atomic E-state index is 12.5. The summed E-state index contributed by atoms with van der Waals surface area (Å²) in [5.74, 6) is -0.125. The number of hydrogen-bond acceptors (Lipinski definition) is 5. The zero-order valence-corrected chi connectivity index (χ0v) is 14.9. The van der Waals surface area contributed by atoms with E-state index in [9.17, 15) is 14.9 Å². The molecule has 7 nitrogen and oxygen atoms in total. The number of amides is 1. The predicted molar refractivity (Wildman–Crippen MR) is 105 cm³/mol. The van der Waals surface area contributed by atoms with E-state index in [-0.39, 0.29) is 11.3 Å². The lowest BCUT2D eigenvalue weighted by Crippen LogP contribution is -2.13. The topological polar surface area (TPSA) is 98.3 Å². The van der Waals surface area contributed by atoms with Crippen molar-refractivity contribution in [2.45, 2.75) is 6.92 Å². The Hall–Kier alpha value is -4.00. The molecule has 0 aliphatic carbocycles. The van der Waals surface area contributed by atoms with Crippen LogP contribution in [0.2, 0.25) is 0 Å².